The van der Waals surface area contributed by atoms with Crippen molar-refractivity contribution >= 4 is 17.3 Å². The van der Waals surface area contributed by atoms with Gasteiger partial charge in [0.2, 0.25) is 0 Å². The van der Waals surface area contributed by atoms with Crippen molar-refractivity contribution < 1.29 is 9.72 Å². The molecule has 0 aliphatic carbocycles. The first-order valence-electron chi connectivity index (χ1n) is 6.54. The van der Waals surface area contributed by atoms with Crippen molar-refractivity contribution in [3.05, 3.63) is 33.9 Å². The van der Waals surface area contributed by atoms with Gasteiger partial charge in [-0.25, -0.2) is 0 Å². The summed E-state index contributed by atoms with van der Waals surface area (Å²) in [7, 11) is 1.83. The van der Waals surface area contributed by atoms with Crippen molar-refractivity contribution in [1.29, 1.82) is 0 Å². The molecule has 1 aromatic carbocycles. The van der Waals surface area contributed by atoms with Crippen LogP contribution in [0.3, 0.4) is 0 Å². The largest absolute Gasteiger partial charge is 0.364 e. The first-order chi connectivity index (χ1) is 9.54. The number of rotatable bonds is 5. The minimum Gasteiger partial charge on any atom is -0.364 e. The SMILES string of the molecule is CCNC(=O)c1ccc(N(C)C2CNC2)c([N+](=O)[O-])c1. The number of hydrogen-bond acceptors (Lipinski definition) is 5. The van der Waals surface area contributed by atoms with E-state index in [0.717, 1.165) is 13.1 Å². The highest BCUT2D eigenvalue weighted by Gasteiger charge is 2.27. The molecule has 1 fully saturated rings. The van der Waals surface area contributed by atoms with Crippen molar-refractivity contribution in [1.82, 2.24) is 10.6 Å². The number of nitrogens with one attached hydrogen (secondary N) is 2. The number of carbonyl (C=O) groups excluding carboxylic acids is 1. The molecular formula is C13H18N4O3. The monoisotopic (exact) mass is 278 g/mol. The van der Waals surface area contributed by atoms with Crippen LogP contribution in [-0.2, 0) is 0 Å². The lowest BCUT2D eigenvalue weighted by Gasteiger charge is -2.36. The van der Waals surface area contributed by atoms with E-state index in [4.69, 9.17) is 0 Å². The fourth-order valence-corrected chi connectivity index (χ4v) is 2.12. The van der Waals surface area contributed by atoms with Crippen LogP contribution < -0.4 is 15.5 Å². The fourth-order valence-electron chi connectivity index (χ4n) is 2.12. The molecule has 0 saturated carbocycles. The number of nitro groups is 1. The standard InChI is InChI=1S/C13H18N4O3/c1-3-15-13(18)9-4-5-11(12(6-9)17(19)20)16(2)10-7-14-8-10/h4-6,10,14H,3,7-8H2,1-2H3,(H,15,18). The summed E-state index contributed by atoms with van der Waals surface area (Å²) in [4.78, 5) is 24.4. The molecule has 7 nitrogen and oxygen atoms in total. The second kappa shape index (κ2) is 5.87. The zero-order chi connectivity index (χ0) is 14.7. The molecule has 0 bridgehead atoms. The number of nitro benzene ring substituents is 1. The van der Waals surface area contributed by atoms with Gasteiger partial charge in [0.15, 0.2) is 0 Å². The molecule has 1 aliphatic heterocycles. The van der Waals surface area contributed by atoms with Gasteiger partial charge in [-0.05, 0) is 19.1 Å². The zero-order valence-corrected chi connectivity index (χ0v) is 11.5. The van der Waals surface area contributed by atoms with Gasteiger partial charge in [0.25, 0.3) is 11.6 Å². The van der Waals surface area contributed by atoms with E-state index in [1.165, 1.54) is 6.07 Å². The molecule has 1 amide bonds. The third-order valence-corrected chi connectivity index (χ3v) is 3.46. The van der Waals surface area contributed by atoms with Gasteiger partial charge in [0, 0.05) is 38.3 Å². The third kappa shape index (κ3) is 2.72. The predicted octanol–water partition coefficient (Wildman–Crippen LogP) is 0.753. The Kier molecular flexibility index (Phi) is 4.19. The van der Waals surface area contributed by atoms with Gasteiger partial charge >= 0.3 is 0 Å². The summed E-state index contributed by atoms with van der Waals surface area (Å²) in [6, 6.07) is 4.85. The summed E-state index contributed by atoms with van der Waals surface area (Å²) in [6.45, 7) is 3.91. The molecule has 2 N–H and O–H groups in total. The molecule has 108 valence electrons. The summed E-state index contributed by atoms with van der Waals surface area (Å²) in [5.41, 5.74) is 0.806. The highest BCUT2D eigenvalue weighted by molar-refractivity contribution is 5.95. The summed E-state index contributed by atoms with van der Waals surface area (Å²) in [6.07, 6.45) is 0. The van der Waals surface area contributed by atoms with Crippen LogP contribution in [0.2, 0.25) is 0 Å². The van der Waals surface area contributed by atoms with Gasteiger partial charge in [-0.3, -0.25) is 14.9 Å². The molecule has 0 aromatic heterocycles. The van der Waals surface area contributed by atoms with E-state index in [1.807, 2.05) is 11.9 Å². The average molecular weight is 278 g/mol. The summed E-state index contributed by atoms with van der Waals surface area (Å²) >= 11 is 0. The molecule has 1 aromatic rings. The molecule has 0 spiro atoms. The van der Waals surface area contributed by atoms with E-state index in [9.17, 15) is 14.9 Å². The average Bonchev–Trinajstić information content (AvgIpc) is 2.36. The minimum atomic E-state index is -0.444. The van der Waals surface area contributed by atoms with Crippen LogP contribution >= 0.6 is 0 Å². The van der Waals surface area contributed by atoms with Gasteiger partial charge < -0.3 is 15.5 Å². The molecule has 2 rings (SSSR count). The van der Waals surface area contributed by atoms with E-state index in [-0.39, 0.29) is 17.6 Å². The number of benzene rings is 1. The van der Waals surface area contributed by atoms with E-state index in [0.29, 0.717) is 17.8 Å². The molecule has 0 unspecified atom stereocenters. The van der Waals surface area contributed by atoms with Gasteiger partial charge in [-0.1, -0.05) is 0 Å². The van der Waals surface area contributed by atoms with Crippen molar-refractivity contribution in [3.63, 3.8) is 0 Å². The van der Waals surface area contributed by atoms with E-state index in [1.54, 1.807) is 19.1 Å². The van der Waals surface area contributed by atoms with Gasteiger partial charge in [-0.15, -0.1) is 0 Å². The summed E-state index contributed by atoms with van der Waals surface area (Å²) in [5, 5.41) is 17.0. The Labute approximate surface area is 117 Å². The maximum atomic E-state index is 11.7. The molecule has 0 atom stereocenters. The lowest BCUT2D eigenvalue weighted by Crippen LogP contribution is -2.56. The molecule has 0 radical (unpaired) electrons. The van der Waals surface area contributed by atoms with E-state index < -0.39 is 4.92 Å². The highest BCUT2D eigenvalue weighted by Crippen LogP contribution is 2.30. The number of hydrogen-bond donors (Lipinski definition) is 2. The van der Waals surface area contributed by atoms with Crippen LogP contribution in [0.15, 0.2) is 18.2 Å². The predicted molar refractivity (Wildman–Crippen MR) is 76.2 cm³/mol. The first kappa shape index (κ1) is 14.3. The number of likely N-dealkylation sites (N-methyl/N-ethyl adjacent to an activating group) is 1. The van der Waals surface area contributed by atoms with Gasteiger partial charge in [0.05, 0.1) is 11.0 Å². The molecular weight excluding hydrogens is 260 g/mol. The van der Waals surface area contributed by atoms with Crippen molar-refractivity contribution in [2.45, 2.75) is 13.0 Å². The van der Waals surface area contributed by atoms with E-state index in [2.05, 4.69) is 10.6 Å². The van der Waals surface area contributed by atoms with Crippen molar-refractivity contribution in [2.24, 2.45) is 0 Å². The fraction of sp³-hybridized carbons (Fsp3) is 0.462. The third-order valence-electron chi connectivity index (χ3n) is 3.46. The normalized spacial score (nSPS) is 14.5. The van der Waals surface area contributed by atoms with Crippen LogP contribution in [0.25, 0.3) is 0 Å². The van der Waals surface area contributed by atoms with Crippen LogP contribution in [0, 0.1) is 10.1 Å². The van der Waals surface area contributed by atoms with Gasteiger partial charge in [0.1, 0.15) is 5.69 Å². The molecule has 1 aliphatic rings. The number of amides is 1. The quantitative estimate of drug-likeness (QED) is 0.613. The number of nitrogens with zero attached hydrogens (tertiary/aromatic N) is 2. The lowest BCUT2D eigenvalue weighted by molar-refractivity contribution is -0.384. The Balaban J connectivity index is 2.32. The van der Waals surface area contributed by atoms with Crippen LogP contribution in [0.5, 0.6) is 0 Å². The maximum Gasteiger partial charge on any atom is 0.293 e. The minimum absolute atomic E-state index is 0.0387. The van der Waals surface area contributed by atoms with Crippen molar-refractivity contribution in [3.8, 4) is 0 Å². The molecule has 20 heavy (non-hydrogen) atoms. The second-order valence-electron chi connectivity index (χ2n) is 4.74. The summed E-state index contributed by atoms with van der Waals surface area (Å²) in [5.74, 6) is -0.296. The molecule has 7 heteroatoms. The van der Waals surface area contributed by atoms with Gasteiger partial charge in [-0.2, -0.15) is 0 Å². The Morgan fingerprint density at radius 3 is 2.75 bits per heavy atom. The molecule has 1 heterocycles. The second-order valence-corrected chi connectivity index (χ2v) is 4.74. The van der Waals surface area contributed by atoms with E-state index >= 15 is 0 Å². The number of carbonyl (C=O) groups is 1. The molecule has 1 saturated heterocycles. The summed E-state index contributed by atoms with van der Waals surface area (Å²) < 4.78 is 0. The van der Waals surface area contributed by atoms with Crippen LogP contribution in [0.4, 0.5) is 11.4 Å². The van der Waals surface area contributed by atoms with Crippen LogP contribution in [0.1, 0.15) is 17.3 Å². The Hall–Kier alpha value is -2.15. The topological polar surface area (TPSA) is 87.5 Å². The highest BCUT2D eigenvalue weighted by atomic mass is 16.6. The first-order valence-corrected chi connectivity index (χ1v) is 6.54. The lowest BCUT2D eigenvalue weighted by atomic mass is 10.1. The maximum absolute atomic E-state index is 11.7. The van der Waals surface area contributed by atoms with Crippen molar-refractivity contribution in [2.75, 3.05) is 31.6 Å². The smallest absolute Gasteiger partial charge is 0.293 e. The Bertz CT molecular complexity index is 528. The number of anilines is 1. The zero-order valence-electron chi connectivity index (χ0n) is 11.5. The van der Waals surface area contributed by atoms with Crippen LogP contribution in [-0.4, -0.2) is 43.6 Å². The Morgan fingerprint density at radius 2 is 2.25 bits per heavy atom. The Morgan fingerprint density at radius 1 is 1.55 bits per heavy atom.